The number of phenols is 1. The Kier molecular flexibility index (Phi) is 7.26. The van der Waals surface area contributed by atoms with Crippen molar-refractivity contribution < 1.29 is 28.7 Å². The van der Waals surface area contributed by atoms with Crippen LogP contribution in [0.3, 0.4) is 0 Å². The second-order valence-electron chi connectivity index (χ2n) is 12.8. The van der Waals surface area contributed by atoms with E-state index in [0.29, 0.717) is 21.8 Å². The van der Waals surface area contributed by atoms with Gasteiger partial charge in [-0.2, -0.15) is 5.01 Å². The first-order valence-electron chi connectivity index (χ1n) is 15.7. The average molecular weight is 682 g/mol. The highest BCUT2D eigenvalue weighted by Gasteiger charge is 2.70. The van der Waals surface area contributed by atoms with Crippen molar-refractivity contribution in [2.24, 2.45) is 23.7 Å². The first kappa shape index (κ1) is 30.5. The Bertz CT molecular complexity index is 2000. The maximum Gasteiger partial charge on any atom is 0.260 e. The van der Waals surface area contributed by atoms with Gasteiger partial charge in [-0.15, -0.1) is 11.3 Å². The van der Waals surface area contributed by atoms with E-state index in [0.717, 1.165) is 15.5 Å². The fourth-order valence-electron chi connectivity index (χ4n) is 8.51. The summed E-state index contributed by atoms with van der Waals surface area (Å²) in [7, 11) is 0. The van der Waals surface area contributed by atoms with Crippen molar-refractivity contribution in [2.75, 3.05) is 5.43 Å². The molecule has 8 nitrogen and oxygen atoms in total. The molecule has 4 aliphatic rings. The second-order valence-corrected chi connectivity index (χ2v) is 14.2. The van der Waals surface area contributed by atoms with Gasteiger partial charge in [0, 0.05) is 21.4 Å². The zero-order valence-electron chi connectivity index (χ0n) is 25.4. The number of amides is 4. The van der Waals surface area contributed by atoms with E-state index in [9.17, 15) is 23.9 Å². The molecule has 3 heterocycles. The molecule has 2 saturated heterocycles. The average Bonchev–Trinajstić information content (AvgIpc) is 3.75. The number of thiophene rings is 1. The molecule has 242 valence electrons. The van der Waals surface area contributed by atoms with Crippen LogP contribution < -0.4 is 5.43 Å². The normalized spacial score (nSPS) is 27.9. The van der Waals surface area contributed by atoms with E-state index < -0.39 is 52.6 Å². The van der Waals surface area contributed by atoms with Crippen LogP contribution in [0.15, 0.2) is 102 Å². The van der Waals surface area contributed by atoms with Crippen LogP contribution in [0.4, 0.5) is 10.1 Å². The van der Waals surface area contributed by atoms with E-state index in [4.69, 9.17) is 11.6 Å². The van der Waals surface area contributed by atoms with Crippen LogP contribution in [-0.4, -0.2) is 38.6 Å². The molecule has 6 atom stereocenters. The first-order valence-corrected chi connectivity index (χ1v) is 17.0. The molecular weight excluding hydrogens is 653 g/mol. The quantitative estimate of drug-likeness (QED) is 0.180. The molecule has 1 aromatic heterocycles. The van der Waals surface area contributed by atoms with E-state index in [2.05, 4.69) is 5.43 Å². The van der Waals surface area contributed by atoms with E-state index in [-0.39, 0.29) is 37.0 Å². The minimum atomic E-state index is -1.55. The summed E-state index contributed by atoms with van der Waals surface area (Å²) in [6, 6.07) is 22.6. The van der Waals surface area contributed by atoms with Gasteiger partial charge in [0.1, 0.15) is 11.6 Å². The van der Waals surface area contributed by atoms with E-state index in [1.165, 1.54) is 40.5 Å². The number of halogens is 2. The van der Waals surface area contributed by atoms with Crippen LogP contribution in [-0.2, 0) is 31.1 Å². The highest BCUT2D eigenvalue weighted by molar-refractivity contribution is 7.09. The number of benzene rings is 3. The summed E-state index contributed by atoms with van der Waals surface area (Å²) in [6.07, 6.45) is 2.36. The molecule has 0 spiro atoms. The summed E-state index contributed by atoms with van der Waals surface area (Å²) in [5.41, 5.74) is 3.41. The number of carbonyl (C=O) groups excluding carboxylic acids is 4. The maximum absolute atomic E-state index is 15.1. The predicted octanol–water partition coefficient (Wildman–Crippen LogP) is 6.43. The molecule has 0 bridgehead atoms. The van der Waals surface area contributed by atoms with Gasteiger partial charge in [0.15, 0.2) is 0 Å². The lowest BCUT2D eigenvalue weighted by molar-refractivity contribution is -0.141. The summed E-state index contributed by atoms with van der Waals surface area (Å²) in [6.45, 7) is 0.179. The smallest absolute Gasteiger partial charge is 0.260 e. The van der Waals surface area contributed by atoms with E-state index in [1.54, 1.807) is 48.5 Å². The number of hydrogen-bond acceptors (Lipinski definition) is 7. The highest BCUT2D eigenvalue weighted by Crippen LogP contribution is 2.65. The number of hydrazine groups is 1. The number of allylic oxidation sites excluding steroid dienone is 2. The number of nitrogens with one attached hydrogen (secondary N) is 1. The number of carbonyl (C=O) groups is 4. The molecule has 2 N–H and O–H groups in total. The van der Waals surface area contributed by atoms with Gasteiger partial charge in [-0.3, -0.25) is 29.5 Å². The Balaban J connectivity index is 1.31. The zero-order valence-corrected chi connectivity index (χ0v) is 27.0. The van der Waals surface area contributed by atoms with Gasteiger partial charge in [-0.1, -0.05) is 59.6 Å². The Morgan fingerprint density at radius 2 is 1.65 bits per heavy atom. The summed E-state index contributed by atoms with van der Waals surface area (Å²) in [5.74, 6) is -5.86. The Morgan fingerprint density at radius 1 is 0.896 bits per heavy atom. The molecule has 8 rings (SSSR count). The molecule has 48 heavy (non-hydrogen) atoms. The van der Waals surface area contributed by atoms with Crippen LogP contribution in [0.25, 0.3) is 0 Å². The number of para-hydroxylation sites is 1. The van der Waals surface area contributed by atoms with Crippen molar-refractivity contribution in [2.45, 2.75) is 30.7 Å². The Labute approximate surface area is 284 Å². The highest BCUT2D eigenvalue weighted by atomic mass is 35.5. The van der Waals surface area contributed by atoms with Gasteiger partial charge in [0.25, 0.3) is 11.8 Å². The van der Waals surface area contributed by atoms with E-state index in [1.807, 2.05) is 23.6 Å². The first-order chi connectivity index (χ1) is 23.2. The third-order valence-electron chi connectivity index (χ3n) is 10.5. The van der Waals surface area contributed by atoms with Crippen molar-refractivity contribution >= 4 is 52.3 Å². The van der Waals surface area contributed by atoms with Crippen LogP contribution in [0, 0.1) is 29.5 Å². The van der Waals surface area contributed by atoms with Gasteiger partial charge in [-0.25, -0.2) is 4.39 Å². The van der Waals surface area contributed by atoms with Gasteiger partial charge >= 0.3 is 0 Å². The van der Waals surface area contributed by atoms with Crippen molar-refractivity contribution in [3.63, 3.8) is 0 Å². The number of imide groups is 2. The summed E-state index contributed by atoms with van der Waals surface area (Å²) in [4.78, 5) is 59.9. The number of likely N-dealkylation sites (tertiary alicyclic amines) is 1. The van der Waals surface area contributed by atoms with E-state index >= 15 is 4.79 Å². The number of fused-ring (bicyclic) bond motifs is 4. The molecule has 0 unspecified atom stereocenters. The molecule has 3 fully saturated rings. The van der Waals surface area contributed by atoms with Crippen molar-refractivity contribution in [1.82, 2.24) is 9.91 Å². The molecule has 2 aliphatic heterocycles. The number of anilines is 1. The fraction of sp³-hybridized carbons (Fsp3) is 0.243. The minimum Gasteiger partial charge on any atom is -0.508 e. The molecule has 4 amide bonds. The number of phenolic OH excluding ortho intramolecular Hbond substituents is 1. The number of rotatable bonds is 6. The monoisotopic (exact) mass is 681 g/mol. The fourth-order valence-corrected chi connectivity index (χ4v) is 9.33. The van der Waals surface area contributed by atoms with Gasteiger partial charge in [0.05, 0.1) is 35.4 Å². The lowest BCUT2D eigenvalue weighted by Gasteiger charge is -2.50. The summed E-state index contributed by atoms with van der Waals surface area (Å²) in [5, 5.41) is 14.7. The number of hydrogen-bond donors (Lipinski definition) is 2. The second kappa shape index (κ2) is 11.4. The topological polar surface area (TPSA) is 107 Å². The van der Waals surface area contributed by atoms with Crippen LogP contribution in [0.5, 0.6) is 5.75 Å². The third-order valence-corrected chi connectivity index (χ3v) is 11.6. The van der Waals surface area contributed by atoms with Crippen molar-refractivity contribution in [1.29, 1.82) is 0 Å². The summed E-state index contributed by atoms with van der Waals surface area (Å²) >= 11 is 7.79. The third kappa shape index (κ3) is 4.46. The molecule has 2 aliphatic carbocycles. The Morgan fingerprint density at radius 3 is 2.35 bits per heavy atom. The largest absolute Gasteiger partial charge is 0.508 e. The SMILES string of the molecule is O=C1[C@H]2[C@H](CC=C3[C@H]2C[C@H]2C(=O)N(Nc4ccc(F)cc4)C(=O)[C@@]2(c2ccc(Cl)cc2)[C@H]3c2ccccc2O)C(=O)N1Cc1cccs1. The van der Waals surface area contributed by atoms with Crippen molar-refractivity contribution in [3.8, 4) is 5.75 Å². The minimum absolute atomic E-state index is 0.0587. The van der Waals surface area contributed by atoms with Gasteiger partial charge < -0.3 is 5.11 Å². The molecule has 3 aromatic carbocycles. The van der Waals surface area contributed by atoms with Crippen LogP contribution >= 0.6 is 22.9 Å². The maximum atomic E-state index is 15.1. The number of nitrogens with zero attached hydrogens (tertiary/aromatic N) is 2. The van der Waals surface area contributed by atoms with Crippen LogP contribution in [0.2, 0.25) is 5.02 Å². The molecule has 4 aromatic rings. The summed E-state index contributed by atoms with van der Waals surface area (Å²) < 4.78 is 13.8. The van der Waals surface area contributed by atoms with Crippen molar-refractivity contribution in [3.05, 3.63) is 129 Å². The van der Waals surface area contributed by atoms with Crippen LogP contribution in [0.1, 0.15) is 34.8 Å². The molecule has 11 heteroatoms. The number of aromatic hydroxyl groups is 1. The predicted molar refractivity (Wildman–Crippen MR) is 177 cm³/mol. The molecule has 0 radical (unpaired) electrons. The lowest BCUT2D eigenvalue weighted by Crippen LogP contribution is -2.53. The standard InChI is InChI=1S/C37H29ClFN3O5S/c38-21-9-7-20(8-10-21)37-29(34(45)42(36(37)47)40-23-13-11-22(39)12-14-23)18-28-25(32(37)26-5-1-2-6-30(26)43)15-16-27-31(28)35(46)41(33(27)44)19-24-4-3-17-48-24/h1-15,17,27-29,31-32,40,43H,16,18-19H2/t27-,28+,29-,31-,32+,37+/m0/s1. The zero-order chi connectivity index (χ0) is 33.3. The molecular formula is C37H29ClFN3O5S. The molecule has 1 saturated carbocycles. The lowest BCUT2D eigenvalue weighted by atomic mass is 9.49. The Hall–Kier alpha value is -4.80. The van der Waals surface area contributed by atoms with Gasteiger partial charge in [0.2, 0.25) is 11.8 Å². The van der Waals surface area contributed by atoms with Gasteiger partial charge in [-0.05, 0) is 78.2 Å².